The number of hydrogen-bond acceptors (Lipinski definition) is 3. The number of hydrogen-bond donors (Lipinski definition) is 0. The minimum absolute atomic E-state index is 0.0987. The molecular formula is C9H14N4O2. The maximum atomic E-state index is 11.5. The van der Waals surface area contributed by atoms with Crippen LogP contribution >= 0.6 is 0 Å². The normalized spacial score (nSPS) is 17.2. The van der Waals surface area contributed by atoms with E-state index in [-0.39, 0.29) is 11.8 Å². The number of likely N-dealkylation sites (tertiary alicyclic amines) is 1. The molecule has 0 saturated carbocycles. The van der Waals surface area contributed by atoms with E-state index in [9.17, 15) is 9.59 Å². The Hall–Kier alpha value is -1.55. The number of azide groups is 1. The van der Waals surface area contributed by atoms with Crippen LogP contribution in [0.2, 0.25) is 0 Å². The molecule has 0 atom stereocenters. The summed E-state index contributed by atoms with van der Waals surface area (Å²) in [5.74, 6) is -0.197. The second-order valence-electron chi connectivity index (χ2n) is 3.45. The summed E-state index contributed by atoms with van der Waals surface area (Å²) in [5, 5.41) is 3.36. The van der Waals surface area contributed by atoms with E-state index in [0.717, 1.165) is 12.8 Å². The first-order valence-electron chi connectivity index (χ1n) is 5.10. The molecular weight excluding hydrogens is 196 g/mol. The van der Waals surface area contributed by atoms with Gasteiger partial charge in [-0.2, -0.15) is 0 Å². The van der Waals surface area contributed by atoms with Crippen LogP contribution in [0.3, 0.4) is 0 Å². The van der Waals surface area contributed by atoms with Crippen LogP contribution in [0.5, 0.6) is 0 Å². The molecule has 15 heavy (non-hydrogen) atoms. The molecule has 1 saturated heterocycles. The van der Waals surface area contributed by atoms with Crippen LogP contribution in [0.15, 0.2) is 5.11 Å². The van der Waals surface area contributed by atoms with Crippen molar-refractivity contribution in [3.63, 3.8) is 0 Å². The van der Waals surface area contributed by atoms with Crippen molar-refractivity contribution in [1.29, 1.82) is 0 Å². The monoisotopic (exact) mass is 210 g/mol. The van der Waals surface area contributed by atoms with Crippen molar-refractivity contribution in [3.05, 3.63) is 10.4 Å². The highest BCUT2D eigenvalue weighted by atomic mass is 16.2. The van der Waals surface area contributed by atoms with Gasteiger partial charge < -0.3 is 0 Å². The minimum Gasteiger partial charge on any atom is -0.283 e. The third-order valence-corrected chi connectivity index (χ3v) is 2.34. The lowest BCUT2D eigenvalue weighted by molar-refractivity contribution is -0.143. The number of imide groups is 1. The summed E-state index contributed by atoms with van der Waals surface area (Å²) in [6.07, 6.45) is 3.02. The molecule has 1 aliphatic rings. The zero-order chi connectivity index (χ0) is 11.1. The Morgan fingerprint density at radius 3 is 2.40 bits per heavy atom. The van der Waals surface area contributed by atoms with Gasteiger partial charge in [-0.3, -0.25) is 14.5 Å². The van der Waals surface area contributed by atoms with Gasteiger partial charge in [0.15, 0.2) is 0 Å². The topological polar surface area (TPSA) is 86.1 Å². The molecule has 1 fully saturated rings. The van der Waals surface area contributed by atoms with Gasteiger partial charge in [-0.05, 0) is 24.8 Å². The van der Waals surface area contributed by atoms with Crippen LogP contribution in [0.1, 0.15) is 32.1 Å². The quantitative estimate of drug-likeness (QED) is 0.232. The summed E-state index contributed by atoms with van der Waals surface area (Å²) in [5.41, 5.74) is 8.06. The van der Waals surface area contributed by atoms with Crippen LogP contribution in [-0.2, 0) is 9.59 Å². The predicted octanol–water partition coefficient (Wildman–Crippen LogP) is 1.62. The zero-order valence-electron chi connectivity index (χ0n) is 8.56. The highest BCUT2D eigenvalue weighted by molar-refractivity contribution is 5.95. The van der Waals surface area contributed by atoms with Gasteiger partial charge in [0.2, 0.25) is 11.8 Å². The maximum absolute atomic E-state index is 11.5. The van der Waals surface area contributed by atoms with Crippen molar-refractivity contribution in [2.75, 3.05) is 13.1 Å². The molecule has 6 heteroatoms. The first-order chi connectivity index (χ1) is 7.25. The third kappa shape index (κ3) is 3.59. The Bertz CT molecular complexity index is 278. The Labute approximate surface area is 87.9 Å². The van der Waals surface area contributed by atoms with Crippen LogP contribution < -0.4 is 0 Å². The molecule has 1 heterocycles. The molecule has 0 spiro atoms. The number of nitrogens with zero attached hydrogens (tertiary/aromatic N) is 4. The molecule has 0 aromatic rings. The van der Waals surface area contributed by atoms with E-state index >= 15 is 0 Å². The SMILES string of the molecule is [N-]=[N+]=NCCCN1C(=O)CCCCC1=O. The Balaban J connectivity index is 2.44. The van der Waals surface area contributed by atoms with Crippen molar-refractivity contribution in [1.82, 2.24) is 4.90 Å². The number of carbonyl (C=O) groups is 2. The van der Waals surface area contributed by atoms with Crippen LogP contribution in [0, 0.1) is 0 Å². The first-order valence-corrected chi connectivity index (χ1v) is 5.10. The lowest BCUT2D eigenvalue weighted by atomic mass is 10.2. The number of amides is 2. The maximum Gasteiger partial charge on any atom is 0.229 e. The van der Waals surface area contributed by atoms with E-state index in [1.54, 1.807) is 0 Å². The summed E-state index contributed by atoms with van der Waals surface area (Å²) >= 11 is 0. The molecule has 0 aromatic carbocycles. The number of carbonyl (C=O) groups excluding carboxylic acids is 2. The van der Waals surface area contributed by atoms with E-state index in [1.807, 2.05) is 0 Å². The predicted molar refractivity (Wildman–Crippen MR) is 53.8 cm³/mol. The molecule has 1 aliphatic heterocycles. The first kappa shape index (κ1) is 11.5. The van der Waals surface area contributed by atoms with E-state index in [2.05, 4.69) is 10.0 Å². The molecule has 0 bridgehead atoms. The highest BCUT2D eigenvalue weighted by Gasteiger charge is 2.22. The van der Waals surface area contributed by atoms with Gasteiger partial charge in [-0.15, -0.1) is 0 Å². The van der Waals surface area contributed by atoms with Gasteiger partial charge in [0, 0.05) is 30.8 Å². The van der Waals surface area contributed by atoms with Crippen LogP contribution in [-0.4, -0.2) is 29.8 Å². The Morgan fingerprint density at radius 2 is 1.87 bits per heavy atom. The fourth-order valence-corrected chi connectivity index (χ4v) is 1.56. The van der Waals surface area contributed by atoms with Gasteiger partial charge in [0.05, 0.1) is 0 Å². The fraction of sp³-hybridized carbons (Fsp3) is 0.778. The van der Waals surface area contributed by atoms with Gasteiger partial charge in [-0.1, -0.05) is 5.11 Å². The van der Waals surface area contributed by atoms with Crippen LogP contribution in [0.4, 0.5) is 0 Å². The number of rotatable bonds is 4. The Kier molecular flexibility index (Phi) is 4.63. The van der Waals surface area contributed by atoms with Crippen molar-refractivity contribution in [2.45, 2.75) is 32.1 Å². The fourth-order valence-electron chi connectivity index (χ4n) is 1.56. The van der Waals surface area contributed by atoms with Crippen molar-refractivity contribution < 1.29 is 9.59 Å². The Morgan fingerprint density at radius 1 is 1.27 bits per heavy atom. The van der Waals surface area contributed by atoms with E-state index in [1.165, 1.54) is 4.90 Å². The zero-order valence-corrected chi connectivity index (χ0v) is 8.56. The molecule has 0 radical (unpaired) electrons. The summed E-state index contributed by atoms with van der Waals surface area (Å²) < 4.78 is 0. The van der Waals surface area contributed by atoms with Crippen molar-refractivity contribution in [2.24, 2.45) is 5.11 Å². The average molecular weight is 210 g/mol. The summed E-state index contributed by atoms with van der Waals surface area (Å²) in [7, 11) is 0. The van der Waals surface area contributed by atoms with E-state index < -0.39 is 0 Å². The lowest BCUT2D eigenvalue weighted by Gasteiger charge is -2.17. The van der Waals surface area contributed by atoms with E-state index in [4.69, 9.17) is 5.53 Å². The molecule has 6 nitrogen and oxygen atoms in total. The van der Waals surface area contributed by atoms with Crippen molar-refractivity contribution >= 4 is 11.8 Å². The average Bonchev–Trinajstić information content (AvgIpc) is 2.37. The molecule has 1 rings (SSSR count). The summed E-state index contributed by atoms with van der Waals surface area (Å²) in [6.45, 7) is 0.699. The molecule has 0 aromatic heterocycles. The molecule has 0 aliphatic carbocycles. The second-order valence-corrected chi connectivity index (χ2v) is 3.45. The lowest BCUT2D eigenvalue weighted by Crippen LogP contribution is -2.36. The molecule has 0 N–H and O–H groups in total. The largest absolute Gasteiger partial charge is 0.283 e. The smallest absolute Gasteiger partial charge is 0.229 e. The molecule has 82 valence electrons. The second kappa shape index (κ2) is 6.03. The third-order valence-electron chi connectivity index (χ3n) is 2.34. The molecule has 2 amide bonds. The van der Waals surface area contributed by atoms with Gasteiger partial charge >= 0.3 is 0 Å². The van der Waals surface area contributed by atoms with Gasteiger partial charge in [0.25, 0.3) is 0 Å². The standard InChI is InChI=1S/C9H14N4O2/c10-12-11-6-3-7-13-8(14)4-1-2-5-9(13)15/h1-7H2. The van der Waals surface area contributed by atoms with Crippen molar-refractivity contribution in [3.8, 4) is 0 Å². The van der Waals surface area contributed by atoms with Crippen LogP contribution in [0.25, 0.3) is 10.4 Å². The summed E-state index contributed by atoms with van der Waals surface area (Å²) in [4.78, 5) is 26.9. The van der Waals surface area contributed by atoms with Gasteiger partial charge in [0.1, 0.15) is 0 Å². The minimum atomic E-state index is -0.0987. The summed E-state index contributed by atoms with van der Waals surface area (Å²) in [6, 6.07) is 0. The molecule has 0 unspecified atom stereocenters. The van der Waals surface area contributed by atoms with Gasteiger partial charge in [-0.25, -0.2) is 0 Å². The van der Waals surface area contributed by atoms with E-state index in [0.29, 0.717) is 32.4 Å². The highest BCUT2D eigenvalue weighted by Crippen LogP contribution is 2.12.